The summed E-state index contributed by atoms with van der Waals surface area (Å²) in [5.41, 5.74) is 0.339. The Morgan fingerprint density at radius 3 is 2.39 bits per heavy atom. The summed E-state index contributed by atoms with van der Waals surface area (Å²) < 4.78 is 0. The van der Waals surface area contributed by atoms with Crippen LogP contribution >= 0.6 is 0 Å². The van der Waals surface area contributed by atoms with Gasteiger partial charge in [0.2, 0.25) is 0 Å². The molecule has 3 nitrogen and oxygen atoms in total. The predicted octanol–water partition coefficient (Wildman–Crippen LogP) is 5.50. The van der Waals surface area contributed by atoms with Gasteiger partial charge in [0.25, 0.3) is 0 Å². The van der Waals surface area contributed by atoms with E-state index < -0.39 is 17.8 Å². The van der Waals surface area contributed by atoms with Crippen LogP contribution < -0.4 is 0 Å². The van der Waals surface area contributed by atoms with E-state index in [0.29, 0.717) is 42.4 Å². The van der Waals surface area contributed by atoms with Crippen molar-refractivity contribution in [1.82, 2.24) is 0 Å². The zero-order valence-corrected chi connectivity index (χ0v) is 20.6. The molecule has 3 N–H and O–H groups in total. The largest absolute Gasteiger partial charge is 0.390 e. The summed E-state index contributed by atoms with van der Waals surface area (Å²) in [6, 6.07) is 0. The molecule has 4 aliphatic carbocycles. The maximum atomic E-state index is 12.2. The lowest BCUT2D eigenvalue weighted by Gasteiger charge is -2.62. The average Bonchev–Trinajstić information content (AvgIpc) is 3.05. The van der Waals surface area contributed by atoms with Crippen molar-refractivity contribution in [3.05, 3.63) is 23.8 Å². The minimum atomic E-state index is -0.832. The zero-order valence-electron chi connectivity index (χ0n) is 20.6. The molecule has 4 rings (SSSR count). The summed E-state index contributed by atoms with van der Waals surface area (Å²) in [7, 11) is 0. The number of hydrogen-bond donors (Lipinski definition) is 3. The van der Waals surface area contributed by atoms with Gasteiger partial charge in [-0.15, -0.1) is 0 Å². The van der Waals surface area contributed by atoms with Gasteiger partial charge in [0.05, 0.1) is 17.8 Å². The van der Waals surface area contributed by atoms with Crippen LogP contribution in [-0.4, -0.2) is 33.1 Å². The van der Waals surface area contributed by atoms with Gasteiger partial charge in [-0.25, -0.2) is 0 Å². The van der Waals surface area contributed by atoms with E-state index in [0.717, 1.165) is 19.3 Å². The van der Waals surface area contributed by atoms with Gasteiger partial charge < -0.3 is 15.3 Å². The van der Waals surface area contributed by atoms with E-state index in [9.17, 15) is 15.3 Å². The molecule has 0 aromatic carbocycles. The first-order valence-electron chi connectivity index (χ1n) is 12.9. The zero-order chi connectivity index (χ0) is 22.8. The quantitative estimate of drug-likeness (QED) is 0.516. The highest BCUT2D eigenvalue weighted by molar-refractivity contribution is 5.35. The van der Waals surface area contributed by atoms with Gasteiger partial charge in [0.15, 0.2) is 0 Å². The maximum Gasteiger partial charge on any atom is 0.0916 e. The number of allylic oxidation sites excluding steroid dienone is 3. The third-order valence-corrected chi connectivity index (χ3v) is 10.8. The fourth-order valence-corrected chi connectivity index (χ4v) is 8.09. The van der Waals surface area contributed by atoms with Gasteiger partial charge in [0.1, 0.15) is 0 Å². The van der Waals surface area contributed by atoms with Crippen molar-refractivity contribution in [2.75, 3.05) is 0 Å². The Balaban J connectivity index is 1.60. The first-order chi connectivity index (χ1) is 14.4. The summed E-state index contributed by atoms with van der Waals surface area (Å²) in [6.45, 7) is 14.0. The van der Waals surface area contributed by atoms with E-state index in [2.05, 4.69) is 59.8 Å². The van der Waals surface area contributed by atoms with Crippen molar-refractivity contribution in [1.29, 1.82) is 0 Å². The summed E-state index contributed by atoms with van der Waals surface area (Å²) >= 11 is 0. The van der Waals surface area contributed by atoms with E-state index in [4.69, 9.17) is 0 Å². The highest BCUT2D eigenvalue weighted by Crippen LogP contribution is 2.68. The fourth-order valence-electron chi connectivity index (χ4n) is 8.09. The lowest BCUT2D eigenvalue weighted by Crippen LogP contribution is -2.63. The van der Waals surface area contributed by atoms with Crippen LogP contribution in [0.2, 0.25) is 0 Å². The summed E-state index contributed by atoms with van der Waals surface area (Å²) in [5.74, 6) is 3.18. The van der Waals surface area contributed by atoms with Gasteiger partial charge in [-0.2, -0.15) is 0 Å². The Kier molecular flexibility index (Phi) is 6.06. The smallest absolute Gasteiger partial charge is 0.0916 e. The van der Waals surface area contributed by atoms with Crippen molar-refractivity contribution in [2.45, 2.75) is 104 Å². The minimum Gasteiger partial charge on any atom is -0.390 e. The molecule has 3 saturated carbocycles. The Morgan fingerprint density at radius 1 is 1.00 bits per heavy atom. The molecule has 0 saturated heterocycles. The van der Waals surface area contributed by atoms with Crippen LogP contribution in [0.3, 0.4) is 0 Å². The van der Waals surface area contributed by atoms with Crippen molar-refractivity contribution in [2.24, 2.45) is 46.3 Å². The Morgan fingerprint density at radius 2 is 1.71 bits per heavy atom. The van der Waals surface area contributed by atoms with Crippen LogP contribution in [0.4, 0.5) is 0 Å². The van der Waals surface area contributed by atoms with E-state index in [1.165, 1.54) is 18.4 Å². The molecular formula is C28H46O3. The molecule has 3 fully saturated rings. The fraction of sp³-hybridized carbons (Fsp3) is 0.857. The monoisotopic (exact) mass is 430 g/mol. The second kappa shape index (κ2) is 7.99. The molecule has 0 aliphatic heterocycles. The highest BCUT2D eigenvalue weighted by atomic mass is 16.3. The van der Waals surface area contributed by atoms with Crippen LogP contribution in [0, 0.1) is 46.3 Å². The molecule has 0 heterocycles. The lowest BCUT2D eigenvalue weighted by atomic mass is 9.45. The SMILES string of the molecule is CC(C)[C@@H](C)C=C[C@@H](C)[C@H]1CC[C@H]2C3=CC[C@H]4C[C@H](O)[C@H](O)C[C@]4(C)[C@@]3(O)CC[C@]12C. The van der Waals surface area contributed by atoms with Crippen LogP contribution in [0.15, 0.2) is 23.8 Å². The third kappa shape index (κ3) is 3.49. The van der Waals surface area contributed by atoms with Crippen LogP contribution in [0.5, 0.6) is 0 Å². The molecule has 0 bridgehead atoms. The van der Waals surface area contributed by atoms with Crippen molar-refractivity contribution >= 4 is 0 Å². The van der Waals surface area contributed by atoms with Crippen LogP contribution in [0.1, 0.15) is 86.5 Å². The molecule has 0 aromatic rings. The van der Waals surface area contributed by atoms with E-state index >= 15 is 0 Å². The number of aliphatic hydroxyl groups is 3. The van der Waals surface area contributed by atoms with Gasteiger partial charge >= 0.3 is 0 Å². The van der Waals surface area contributed by atoms with Gasteiger partial charge in [-0.3, -0.25) is 0 Å². The van der Waals surface area contributed by atoms with Crippen molar-refractivity contribution < 1.29 is 15.3 Å². The summed E-state index contributed by atoms with van der Waals surface area (Å²) in [5, 5.41) is 33.0. The average molecular weight is 431 g/mol. The molecule has 176 valence electrons. The number of rotatable bonds is 4. The number of fused-ring (bicyclic) bond motifs is 5. The Bertz CT molecular complexity index is 741. The molecule has 10 atom stereocenters. The third-order valence-electron chi connectivity index (χ3n) is 10.8. The first-order valence-corrected chi connectivity index (χ1v) is 12.9. The lowest BCUT2D eigenvalue weighted by molar-refractivity contribution is -0.180. The number of aliphatic hydroxyl groups excluding tert-OH is 2. The van der Waals surface area contributed by atoms with Crippen molar-refractivity contribution in [3.63, 3.8) is 0 Å². The van der Waals surface area contributed by atoms with Crippen LogP contribution in [-0.2, 0) is 0 Å². The van der Waals surface area contributed by atoms with Crippen molar-refractivity contribution in [3.8, 4) is 0 Å². The molecule has 0 amide bonds. The van der Waals surface area contributed by atoms with E-state index in [1.54, 1.807) is 0 Å². The molecule has 3 heteroatoms. The number of hydrogen-bond acceptors (Lipinski definition) is 3. The molecule has 0 radical (unpaired) electrons. The highest BCUT2D eigenvalue weighted by Gasteiger charge is 2.65. The Labute approximate surface area is 190 Å². The molecular weight excluding hydrogens is 384 g/mol. The first kappa shape index (κ1) is 23.5. The molecule has 0 aromatic heterocycles. The van der Waals surface area contributed by atoms with Gasteiger partial charge in [0, 0.05) is 5.41 Å². The van der Waals surface area contributed by atoms with E-state index in [-0.39, 0.29) is 16.7 Å². The topological polar surface area (TPSA) is 60.7 Å². The Hall–Kier alpha value is -0.640. The predicted molar refractivity (Wildman–Crippen MR) is 126 cm³/mol. The summed E-state index contributed by atoms with van der Waals surface area (Å²) in [6.07, 6.45) is 12.1. The van der Waals surface area contributed by atoms with Crippen LogP contribution in [0.25, 0.3) is 0 Å². The molecule has 0 unspecified atom stereocenters. The summed E-state index contributed by atoms with van der Waals surface area (Å²) in [4.78, 5) is 0. The normalized spacial score (nSPS) is 49.4. The molecule has 0 spiro atoms. The van der Waals surface area contributed by atoms with E-state index in [1.807, 2.05) is 0 Å². The standard InChI is InChI=1S/C28H46O3/c1-17(2)18(3)7-8-19(4)21-11-12-22-23-10-9-20-15-24(29)25(30)16-27(20,6)28(23,31)14-13-26(21,22)5/h7-8,10,17-22,24-25,29-31H,9,11-16H2,1-6H3/t18-,19+,20-,21+,22-,24-,25+,26+,27-,28+/m0/s1. The van der Waals surface area contributed by atoms with Gasteiger partial charge in [-0.05, 0) is 91.4 Å². The minimum absolute atomic E-state index is 0.235. The molecule has 4 aliphatic rings. The van der Waals surface area contributed by atoms with Gasteiger partial charge in [-0.1, -0.05) is 59.8 Å². The molecule has 31 heavy (non-hydrogen) atoms. The second-order valence-corrected chi connectivity index (χ2v) is 12.5. The second-order valence-electron chi connectivity index (χ2n) is 12.5. The maximum absolute atomic E-state index is 12.2.